The summed E-state index contributed by atoms with van der Waals surface area (Å²) in [6.45, 7) is 1.35. The first-order valence-corrected chi connectivity index (χ1v) is 8.90. The molecule has 4 N–H and O–H groups in total. The van der Waals surface area contributed by atoms with Crippen molar-refractivity contribution in [2.75, 3.05) is 19.7 Å². The summed E-state index contributed by atoms with van der Waals surface area (Å²) in [4.78, 5) is 24.5. The van der Waals surface area contributed by atoms with E-state index in [0.717, 1.165) is 28.6 Å². The maximum Gasteiger partial charge on any atom is 0.272 e. The van der Waals surface area contributed by atoms with Crippen LogP contribution in [0, 0.1) is 0 Å². The molecule has 0 radical (unpaired) electrons. The second kappa shape index (κ2) is 7.20. The van der Waals surface area contributed by atoms with Crippen molar-refractivity contribution in [3.8, 4) is 5.75 Å². The topological polar surface area (TPSA) is 110 Å². The van der Waals surface area contributed by atoms with Gasteiger partial charge in [0.2, 0.25) is 0 Å². The average Bonchev–Trinajstić information content (AvgIpc) is 3.16. The lowest BCUT2D eigenvalue weighted by Gasteiger charge is -2.12. The zero-order valence-corrected chi connectivity index (χ0v) is 14.7. The van der Waals surface area contributed by atoms with Crippen LogP contribution in [-0.2, 0) is 12.8 Å². The Morgan fingerprint density at radius 3 is 2.89 bits per heavy atom. The molecule has 27 heavy (non-hydrogen) atoms. The van der Waals surface area contributed by atoms with Gasteiger partial charge in [-0.1, -0.05) is 24.3 Å². The van der Waals surface area contributed by atoms with Gasteiger partial charge in [0.15, 0.2) is 0 Å². The summed E-state index contributed by atoms with van der Waals surface area (Å²) in [5.74, 6) is 0.451. The van der Waals surface area contributed by atoms with E-state index in [-0.39, 0.29) is 11.5 Å². The number of fused-ring (bicyclic) bond motifs is 2. The third-order valence-corrected chi connectivity index (χ3v) is 4.66. The molecule has 7 heteroatoms. The van der Waals surface area contributed by atoms with Gasteiger partial charge in [0.25, 0.3) is 11.5 Å². The highest BCUT2D eigenvalue weighted by Gasteiger charge is 2.22. The molecule has 2 heterocycles. The minimum atomic E-state index is -0.210. The highest BCUT2D eigenvalue weighted by molar-refractivity contribution is 5.98. The fraction of sp³-hybridized carbons (Fsp3) is 0.250. The summed E-state index contributed by atoms with van der Waals surface area (Å²) in [5.41, 5.74) is 8.51. The average molecular weight is 364 g/mol. The number of aromatic nitrogens is 2. The smallest absolute Gasteiger partial charge is 0.272 e. The van der Waals surface area contributed by atoms with Crippen LogP contribution in [0.25, 0.3) is 10.8 Å². The van der Waals surface area contributed by atoms with E-state index >= 15 is 0 Å². The number of carbonyl (C=O) groups is 1. The normalized spacial score (nSPS) is 12.6. The molecule has 7 nitrogen and oxygen atoms in total. The predicted molar refractivity (Wildman–Crippen MR) is 102 cm³/mol. The molecular weight excluding hydrogens is 344 g/mol. The SMILES string of the molecule is NCCNC(=O)c1cc(Cc2n[nH]c(=O)c3ccccc23)cc2c1OCC2. The van der Waals surface area contributed by atoms with E-state index in [1.807, 2.05) is 30.3 Å². The van der Waals surface area contributed by atoms with Gasteiger partial charge in [-0.15, -0.1) is 0 Å². The van der Waals surface area contributed by atoms with Gasteiger partial charge in [-0.25, -0.2) is 5.10 Å². The molecule has 1 aliphatic heterocycles. The van der Waals surface area contributed by atoms with Crippen molar-refractivity contribution in [2.24, 2.45) is 5.73 Å². The second-order valence-corrected chi connectivity index (χ2v) is 6.50. The number of hydrogen-bond donors (Lipinski definition) is 3. The number of carbonyl (C=O) groups excluding carboxylic acids is 1. The molecule has 1 aliphatic rings. The van der Waals surface area contributed by atoms with Crippen LogP contribution in [0.4, 0.5) is 0 Å². The molecule has 1 aromatic heterocycles. The largest absolute Gasteiger partial charge is 0.492 e. The van der Waals surface area contributed by atoms with Gasteiger partial charge >= 0.3 is 0 Å². The summed E-state index contributed by atoms with van der Waals surface area (Å²) < 4.78 is 5.67. The molecule has 1 amide bonds. The Hall–Kier alpha value is -3.19. The van der Waals surface area contributed by atoms with Crippen LogP contribution in [-0.4, -0.2) is 35.8 Å². The van der Waals surface area contributed by atoms with Crippen molar-refractivity contribution in [1.82, 2.24) is 15.5 Å². The summed E-state index contributed by atoms with van der Waals surface area (Å²) in [7, 11) is 0. The van der Waals surface area contributed by atoms with Gasteiger partial charge in [-0.3, -0.25) is 9.59 Å². The highest BCUT2D eigenvalue weighted by Crippen LogP contribution is 2.32. The fourth-order valence-electron chi connectivity index (χ4n) is 3.43. The maximum absolute atomic E-state index is 12.5. The van der Waals surface area contributed by atoms with Gasteiger partial charge in [0.1, 0.15) is 5.75 Å². The van der Waals surface area contributed by atoms with Crippen molar-refractivity contribution in [2.45, 2.75) is 12.8 Å². The number of ether oxygens (including phenoxy) is 1. The van der Waals surface area contributed by atoms with E-state index in [1.165, 1.54) is 0 Å². The van der Waals surface area contributed by atoms with Crippen LogP contribution in [0.15, 0.2) is 41.2 Å². The van der Waals surface area contributed by atoms with Crippen LogP contribution >= 0.6 is 0 Å². The zero-order valence-electron chi connectivity index (χ0n) is 14.7. The first-order valence-electron chi connectivity index (χ1n) is 8.90. The molecule has 0 spiro atoms. The van der Waals surface area contributed by atoms with Crippen LogP contribution < -0.4 is 21.3 Å². The maximum atomic E-state index is 12.5. The fourth-order valence-corrected chi connectivity index (χ4v) is 3.43. The van der Waals surface area contributed by atoms with Crippen molar-refractivity contribution in [3.05, 3.63) is 69.1 Å². The number of aromatic amines is 1. The summed E-state index contributed by atoms with van der Waals surface area (Å²) in [6, 6.07) is 11.3. The van der Waals surface area contributed by atoms with Crippen LogP contribution in [0.1, 0.15) is 27.2 Å². The Balaban J connectivity index is 1.74. The zero-order chi connectivity index (χ0) is 18.8. The Kier molecular flexibility index (Phi) is 4.60. The van der Waals surface area contributed by atoms with Crippen LogP contribution in [0.5, 0.6) is 5.75 Å². The number of nitrogens with two attached hydrogens (primary N) is 1. The van der Waals surface area contributed by atoms with Crippen LogP contribution in [0.3, 0.4) is 0 Å². The molecule has 3 aromatic rings. The Morgan fingerprint density at radius 1 is 1.26 bits per heavy atom. The second-order valence-electron chi connectivity index (χ2n) is 6.50. The molecule has 4 rings (SSSR count). The van der Waals surface area contributed by atoms with Crippen molar-refractivity contribution < 1.29 is 9.53 Å². The third-order valence-electron chi connectivity index (χ3n) is 4.66. The van der Waals surface area contributed by atoms with E-state index in [0.29, 0.717) is 42.8 Å². The molecule has 0 atom stereocenters. The van der Waals surface area contributed by atoms with Crippen molar-refractivity contribution in [3.63, 3.8) is 0 Å². The first kappa shape index (κ1) is 17.2. The van der Waals surface area contributed by atoms with Crippen molar-refractivity contribution >= 4 is 16.7 Å². The number of nitrogens with zero attached hydrogens (tertiary/aromatic N) is 1. The number of nitrogens with one attached hydrogen (secondary N) is 2. The lowest BCUT2D eigenvalue weighted by molar-refractivity contribution is 0.0951. The van der Waals surface area contributed by atoms with Gasteiger partial charge < -0.3 is 15.8 Å². The Labute approximate surface area is 155 Å². The summed E-state index contributed by atoms with van der Waals surface area (Å²) in [6.07, 6.45) is 1.27. The quantitative estimate of drug-likeness (QED) is 0.629. The molecule has 0 saturated heterocycles. The Bertz CT molecular complexity index is 1070. The first-order chi connectivity index (χ1) is 13.2. The molecule has 138 valence electrons. The summed E-state index contributed by atoms with van der Waals surface area (Å²) in [5, 5.41) is 11.0. The van der Waals surface area contributed by atoms with E-state index < -0.39 is 0 Å². The number of rotatable bonds is 5. The van der Waals surface area contributed by atoms with E-state index in [4.69, 9.17) is 10.5 Å². The molecule has 2 aromatic carbocycles. The molecule has 0 aliphatic carbocycles. The van der Waals surface area contributed by atoms with E-state index in [9.17, 15) is 9.59 Å². The molecule has 0 bridgehead atoms. The molecular formula is C20H20N4O3. The van der Waals surface area contributed by atoms with Crippen LogP contribution in [0.2, 0.25) is 0 Å². The van der Waals surface area contributed by atoms with E-state index in [2.05, 4.69) is 15.5 Å². The van der Waals surface area contributed by atoms with Gasteiger partial charge in [-0.2, -0.15) is 5.10 Å². The lowest BCUT2D eigenvalue weighted by Crippen LogP contribution is -2.29. The number of amides is 1. The minimum absolute atomic E-state index is 0.195. The summed E-state index contributed by atoms with van der Waals surface area (Å²) >= 11 is 0. The molecule has 0 fully saturated rings. The number of benzene rings is 2. The monoisotopic (exact) mass is 364 g/mol. The lowest BCUT2D eigenvalue weighted by atomic mass is 9.98. The highest BCUT2D eigenvalue weighted by atomic mass is 16.5. The Morgan fingerprint density at radius 2 is 2.07 bits per heavy atom. The van der Waals surface area contributed by atoms with E-state index in [1.54, 1.807) is 6.07 Å². The molecule has 0 unspecified atom stereocenters. The minimum Gasteiger partial charge on any atom is -0.492 e. The van der Waals surface area contributed by atoms with Gasteiger partial charge in [0.05, 0.1) is 23.3 Å². The number of H-pyrrole nitrogens is 1. The predicted octanol–water partition coefficient (Wildman–Crippen LogP) is 1.14. The molecule has 0 saturated carbocycles. The standard InChI is InChI=1S/C20H20N4O3/c21-6-7-22-19(25)16-10-12(9-13-5-8-27-18(13)16)11-17-14-3-1-2-4-15(14)20(26)24-23-17/h1-4,9-10H,5-8,11,21H2,(H,22,25)(H,24,26). The van der Waals surface area contributed by atoms with Gasteiger partial charge in [0, 0.05) is 31.3 Å². The van der Waals surface area contributed by atoms with Gasteiger partial charge in [-0.05, 0) is 23.3 Å². The number of hydrogen-bond acceptors (Lipinski definition) is 5. The third kappa shape index (κ3) is 3.29. The van der Waals surface area contributed by atoms with Crippen molar-refractivity contribution in [1.29, 1.82) is 0 Å².